The van der Waals surface area contributed by atoms with Crippen LogP contribution < -0.4 is 4.74 Å². The number of hydrogen-bond acceptors (Lipinski definition) is 4. The molecule has 1 spiro atoms. The van der Waals surface area contributed by atoms with Crippen LogP contribution in [0.2, 0.25) is 15.1 Å². The highest BCUT2D eigenvalue weighted by Gasteiger charge is 2.42. The first-order chi connectivity index (χ1) is 11.0. The van der Waals surface area contributed by atoms with Gasteiger partial charge in [0.25, 0.3) is 5.91 Å². The van der Waals surface area contributed by atoms with Gasteiger partial charge in [0.05, 0.1) is 34.8 Å². The molecule has 3 rings (SSSR count). The number of rotatable bonds is 3. The largest absolute Gasteiger partial charge is 0.482 e. The Labute approximate surface area is 149 Å². The molecule has 1 aromatic rings. The van der Waals surface area contributed by atoms with Crippen LogP contribution >= 0.6 is 34.8 Å². The molecule has 0 radical (unpaired) electrons. The summed E-state index contributed by atoms with van der Waals surface area (Å²) in [4.78, 5) is 14.1. The van der Waals surface area contributed by atoms with Crippen molar-refractivity contribution in [3.8, 4) is 5.75 Å². The van der Waals surface area contributed by atoms with Crippen LogP contribution in [-0.2, 0) is 14.3 Å². The number of ether oxygens (including phenoxy) is 3. The predicted molar refractivity (Wildman–Crippen MR) is 87.4 cm³/mol. The molecule has 0 aromatic heterocycles. The molecule has 2 aliphatic rings. The molecular weight excluding hydrogens is 365 g/mol. The van der Waals surface area contributed by atoms with E-state index in [1.807, 2.05) is 0 Å². The maximum atomic E-state index is 12.4. The van der Waals surface area contributed by atoms with Gasteiger partial charge in [0.15, 0.2) is 12.4 Å². The fourth-order valence-corrected chi connectivity index (χ4v) is 3.37. The lowest BCUT2D eigenvalue weighted by molar-refractivity contribution is -0.193. The van der Waals surface area contributed by atoms with Crippen LogP contribution in [0.1, 0.15) is 12.8 Å². The van der Waals surface area contributed by atoms with Crippen LogP contribution in [0.3, 0.4) is 0 Å². The number of piperidine rings is 1. The normalized spacial score (nSPS) is 20.0. The van der Waals surface area contributed by atoms with Crippen molar-refractivity contribution in [3.05, 3.63) is 27.2 Å². The summed E-state index contributed by atoms with van der Waals surface area (Å²) in [6.45, 7) is 2.08. The quantitative estimate of drug-likeness (QED) is 0.754. The Morgan fingerprint density at radius 1 is 1.17 bits per heavy atom. The lowest BCUT2D eigenvalue weighted by Gasteiger charge is -2.38. The number of carbonyl (C=O) groups excluding carboxylic acids is 1. The Bertz CT molecular complexity index is 605. The molecule has 8 heteroatoms. The van der Waals surface area contributed by atoms with Crippen LogP contribution in [-0.4, -0.2) is 49.5 Å². The molecule has 2 heterocycles. The predicted octanol–water partition coefficient (Wildman–Crippen LogP) is 3.39. The minimum atomic E-state index is -0.644. The molecule has 23 heavy (non-hydrogen) atoms. The van der Waals surface area contributed by atoms with Crippen molar-refractivity contribution in [2.75, 3.05) is 32.9 Å². The summed E-state index contributed by atoms with van der Waals surface area (Å²) in [7, 11) is 0. The van der Waals surface area contributed by atoms with E-state index < -0.39 is 5.79 Å². The molecule has 2 saturated heterocycles. The molecule has 5 nitrogen and oxygen atoms in total. The first-order valence-electron chi connectivity index (χ1n) is 7.32. The van der Waals surface area contributed by atoms with Crippen molar-refractivity contribution in [1.82, 2.24) is 4.90 Å². The Morgan fingerprint density at radius 2 is 1.87 bits per heavy atom. The standard InChI is InChI=1S/C15H16Cl3NO4/c16-10-6-12(18)13(7-11(10)17)21-8-14(20)19-3-1-2-15(9-19)22-4-5-23-15/h6-7H,1-5,8-9H2. The van der Waals surface area contributed by atoms with Crippen molar-refractivity contribution in [3.63, 3.8) is 0 Å². The SMILES string of the molecule is O=C(COc1cc(Cl)c(Cl)cc1Cl)N1CCCC2(C1)OCCO2. The Hall–Kier alpha value is -0.720. The number of benzene rings is 1. The van der Waals surface area contributed by atoms with E-state index in [1.54, 1.807) is 4.90 Å². The van der Waals surface area contributed by atoms with E-state index in [0.717, 1.165) is 12.8 Å². The Kier molecular flexibility index (Phi) is 5.23. The molecule has 126 valence electrons. The number of carbonyl (C=O) groups is 1. The lowest BCUT2D eigenvalue weighted by Crippen LogP contribution is -2.52. The highest BCUT2D eigenvalue weighted by Crippen LogP contribution is 2.34. The zero-order valence-corrected chi connectivity index (χ0v) is 14.6. The molecular formula is C15H16Cl3NO4. The summed E-state index contributed by atoms with van der Waals surface area (Å²) in [5, 5.41) is 0.969. The van der Waals surface area contributed by atoms with E-state index in [-0.39, 0.29) is 12.5 Å². The van der Waals surface area contributed by atoms with E-state index in [4.69, 9.17) is 49.0 Å². The molecule has 0 saturated carbocycles. The van der Waals surface area contributed by atoms with E-state index >= 15 is 0 Å². The molecule has 1 amide bonds. The van der Waals surface area contributed by atoms with Crippen LogP contribution in [0.25, 0.3) is 0 Å². The second kappa shape index (κ2) is 7.03. The van der Waals surface area contributed by atoms with E-state index in [1.165, 1.54) is 12.1 Å². The van der Waals surface area contributed by atoms with Crippen molar-refractivity contribution in [2.45, 2.75) is 18.6 Å². The highest BCUT2D eigenvalue weighted by molar-refractivity contribution is 6.43. The molecule has 0 unspecified atom stereocenters. The first-order valence-corrected chi connectivity index (χ1v) is 8.45. The van der Waals surface area contributed by atoms with E-state index in [2.05, 4.69) is 0 Å². The minimum absolute atomic E-state index is 0.131. The second-order valence-electron chi connectivity index (χ2n) is 5.51. The van der Waals surface area contributed by atoms with Gasteiger partial charge in [-0.15, -0.1) is 0 Å². The van der Waals surface area contributed by atoms with Gasteiger partial charge >= 0.3 is 0 Å². The summed E-state index contributed by atoms with van der Waals surface area (Å²) in [6, 6.07) is 2.99. The highest BCUT2D eigenvalue weighted by atomic mass is 35.5. The topological polar surface area (TPSA) is 48.0 Å². The Balaban J connectivity index is 1.60. The first kappa shape index (κ1) is 17.1. The van der Waals surface area contributed by atoms with Gasteiger partial charge < -0.3 is 19.1 Å². The number of hydrogen-bond donors (Lipinski definition) is 0. The average Bonchev–Trinajstić information content (AvgIpc) is 2.97. The van der Waals surface area contributed by atoms with Gasteiger partial charge in [-0.05, 0) is 12.5 Å². The number of halogens is 3. The van der Waals surface area contributed by atoms with Gasteiger partial charge in [-0.1, -0.05) is 34.8 Å². The molecule has 0 aliphatic carbocycles. The monoisotopic (exact) mass is 379 g/mol. The molecule has 0 N–H and O–H groups in total. The second-order valence-corrected chi connectivity index (χ2v) is 6.73. The number of amides is 1. The smallest absolute Gasteiger partial charge is 0.260 e. The third kappa shape index (κ3) is 3.86. The van der Waals surface area contributed by atoms with Crippen LogP contribution in [0.5, 0.6) is 5.75 Å². The van der Waals surface area contributed by atoms with Gasteiger partial charge in [-0.2, -0.15) is 0 Å². The van der Waals surface area contributed by atoms with Gasteiger partial charge in [0.2, 0.25) is 0 Å². The number of likely N-dealkylation sites (tertiary alicyclic amines) is 1. The molecule has 0 bridgehead atoms. The summed E-state index contributed by atoms with van der Waals surface area (Å²) in [6.07, 6.45) is 1.63. The zero-order valence-electron chi connectivity index (χ0n) is 12.3. The van der Waals surface area contributed by atoms with Crippen LogP contribution in [0.4, 0.5) is 0 Å². The van der Waals surface area contributed by atoms with E-state index in [0.29, 0.717) is 47.1 Å². The minimum Gasteiger partial charge on any atom is -0.482 e. The maximum Gasteiger partial charge on any atom is 0.260 e. The van der Waals surface area contributed by atoms with Gasteiger partial charge in [-0.3, -0.25) is 4.79 Å². The molecule has 1 aromatic carbocycles. The Morgan fingerprint density at radius 3 is 2.61 bits per heavy atom. The molecule has 2 aliphatic heterocycles. The van der Waals surface area contributed by atoms with Crippen LogP contribution in [0, 0.1) is 0 Å². The summed E-state index contributed by atoms with van der Waals surface area (Å²) < 4.78 is 16.8. The number of nitrogens with zero attached hydrogens (tertiary/aromatic N) is 1. The summed E-state index contributed by atoms with van der Waals surface area (Å²) in [5.41, 5.74) is 0. The van der Waals surface area contributed by atoms with Gasteiger partial charge in [0.1, 0.15) is 5.75 Å². The van der Waals surface area contributed by atoms with Crippen molar-refractivity contribution in [2.24, 2.45) is 0 Å². The zero-order chi connectivity index (χ0) is 16.4. The van der Waals surface area contributed by atoms with E-state index in [9.17, 15) is 4.79 Å². The summed E-state index contributed by atoms with van der Waals surface area (Å²) in [5.74, 6) is -0.463. The molecule has 0 atom stereocenters. The van der Waals surface area contributed by atoms with Gasteiger partial charge in [0, 0.05) is 19.0 Å². The molecule has 2 fully saturated rings. The van der Waals surface area contributed by atoms with Crippen molar-refractivity contribution in [1.29, 1.82) is 0 Å². The van der Waals surface area contributed by atoms with Crippen molar-refractivity contribution < 1.29 is 19.0 Å². The van der Waals surface area contributed by atoms with Crippen molar-refractivity contribution >= 4 is 40.7 Å². The fraction of sp³-hybridized carbons (Fsp3) is 0.533. The van der Waals surface area contributed by atoms with Crippen LogP contribution in [0.15, 0.2) is 12.1 Å². The van der Waals surface area contributed by atoms with Gasteiger partial charge in [-0.25, -0.2) is 0 Å². The third-order valence-corrected chi connectivity index (χ3v) is 4.93. The average molecular weight is 381 g/mol. The fourth-order valence-electron chi connectivity index (χ4n) is 2.78. The third-order valence-electron chi connectivity index (χ3n) is 3.91. The maximum absolute atomic E-state index is 12.4. The summed E-state index contributed by atoms with van der Waals surface area (Å²) >= 11 is 17.8. The lowest BCUT2D eigenvalue weighted by atomic mass is 10.0.